The van der Waals surface area contributed by atoms with Crippen molar-refractivity contribution >= 4 is 0 Å². The Kier molecular flexibility index (Phi) is 4.43. The maximum absolute atomic E-state index is 10.4. The number of nitrogens with zero attached hydrogens (tertiary/aromatic N) is 1. The molecule has 4 atom stereocenters. The molecule has 104 valence electrons. The van der Waals surface area contributed by atoms with Crippen LogP contribution >= 0.6 is 0 Å². The molecule has 0 saturated carbocycles. The molecule has 0 amide bonds. The van der Waals surface area contributed by atoms with Crippen molar-refractivity contribution in [1.82, 2.24) is 0 Å². The Hall–Kier alpha value is -1.54. The Labute approximate surface area is 109 Å². The first kappa shape index (κ1) is 13.9. The average Bonchev–Trinajstić information content (AvgIpc) is 2.39. The molecule has 1 fully saturated rings. The van der Waals surface area contributed by atoms with E-state index < -0.39 is 36.1 Å². The van der Waals surface area contributed by atoms with Crippen LogP contribution in [-0.2, 0) is 9.47 Å². The van der Waals surface area contributed by atoms with Gasteiger partial charge in [-0.2, -0.15) is 0 Å². The minimum absolute atomic E-state index is 0.0427. The second kappa shape index (κ2) is 6.07. The predicted octanol–water partition coefficient (Wildman–Crippen LogP) is 0.0991. The van der Waals surface area contributed by atoms with Crippen LogP contribution < -0.4 is 0 Å². The molecule has 0 unspecified atom stereocenters. The summed E-state index contributed by atoms with van der Waals surface area (Å²) in [6.45, 7) is -0.720. The quantitative estimate of drug-likeness (QED) is 0.593. The minimum Gasteiger partial charge on any atom is -0.388 e. The zero-order valence-electron chi connectivity index (χ0n) is 10.1. The lowest BCUT2D eigenvalue weighted by Gasteiger charge is -2.35. The highest BCUT2D eigenvalue weighted by molar-refractivity contribution is 5.16. The van der Waals surface area contributed by atoms with Gasteiger partial charge in [-0.3, -0.25) is 10.1 Å². The Balaban J connectivity index is 2.05. The van der Waals surface area contributed by atoms with Crippen LogP contribution in [0, 0.1) is 10.1 Å². The third kappa shape index (κ3) is 3.48. The number of hydrogen-bond acceptors (Lipinski definition) is 6. The number of benzene rings is 1. The van der Waals surface area contributed by atoms with E-state index in [2.05, 4.69) is 0 Å². The number of rotatable bonds is 4. The Bertz CT molecular complexity index is 425. The number of aliphatic hydroxyl groups is 2. The fraction of sp³-hybridized carbons (Fsp3) is 0.500. The summed E-state index contributed by atoms with van der Waals surface area (Å²) in [5.74, 6) is 0. The van der Waals surface area contributed by atoms with E-state index in [1.54, 1.807) is 24.3 Å². The monoisotopic (exact) mass is 269 g/mol. The third-order valence-electron chi connectivity index (χ3n) is 2.87. The zero-order chi connectivity index (χ0) is 13.8. The molecule has 0 aliphatic carbocycles. The molecule has 19 heavy (non-hydrogen) atoms. The van der Waals surface area contributed by atoms with Gasteiger partial charge in [-0.25, -0.2) is 0 Å². The lowest BCUT2D eigenvalue weighted by molar-refractivity contribution is -0.495. The van der Waals surface area contributed by atoms with E-state index in [0.29, 0.717) is 0 Å². The summed E-state index contributed by atoms with van der Waals surface area (Å²) in [4.78, 5) is 9.74. The van der Waals surface area contributed by atoms with Crippen LogP contribution in [0.25, 0.3) is 0 Å². The summed E-state index contributed by atoms with van der Waals surface area (Å²) in [5.41, 5.74) is 0.729. The molecular formula is C12H15NO6. The smallest absolute Gasteiger partial charge is 0.232 e. The topological polar surface area (TPSA) is 102 Å². The highest BCUT2D eigenvalue weighted by Crippen LogP contribution is 2.27. The zero-order valence-corrected chi connectivity index (χ0v) is 10.1. The molecule has 7 heteroatoms. The van der Waals surface area contributed by atoms with Crippen LogP contribution in [0.4, 0.5) is 0 Å². The van der Waals surface area contributed by atoms with Crippen LogP contribution in [0.5, 0.6) is 0 Å². The summed E-state index contributed by atoms with van der Waals surface area (Å²) in [6.07, 6.45) is -4.24. The molecule has 7 nitrogen and oxygen atoms in total. The maximum atomic E-state index is 10.4. The van der Waals surface area contributed by atoms with E-state index in [1.807, 2.05) is 6.07 Å². The van der Waals surface area contributed by atoms with Crippen molar-refractivity contribution in [2.75, 3.05) is 13.2 Å². The lowest BCUT2D eigenvalue weighted by atomic mass is 10.1. The van der Waals surface area contributed by atoms with Crippen molar-refractivity contribution in [2.24, 2.45) is 0 Å². The molecule has 1 aliphatic heterocycles. The van der Waals surface area contributed by atoms with Gasteiger partial charge in [-0.1, -0.05) is 30.3 Å². The second-order valence-corrected chi connectivity index (χ2v) is 4.33. The Morgan fingerprint density at radius 2 is 2.11 bits per heavy atom. The van der Waals surface area contributed by atoms with E-state index in [1.165, 1.54) is 0 Å². The van der Waals surface area contributed by atoms with E-state index in [0.717, 1.165) is 5.56 Å². The van der Waals surface area contributed by atoms with Gasteiger partial charge in [0, 0.05) is 10.5 Å². The Morgan fingerprint density at radius 3 is 2.74 bits per heavy atom. The first-order valence-electron chi connectivity index (χ1n) is 5.88. The lowest BCUT2D eigenvalue weighted by Crippen LogP contribution is -2.49. The average molecular weight is 269 g/mol. The van der Waals surface area contributed by atoms with Crippen molar-refractivity contribution in [3.63, 3.8) is 0 Å². The molecule has 2 N–H and O–H groups in total. The molecule has 1 aromatic rings. The summed E-state index contributed by atoms with van der Waals surface area (Å²) < 4.78 is 10.7. The first-order valence-corrected chi connectivity index (χ1v) is 5.88. The second-order valence-electron chi connectivity index (χ2n) is 4.33. The summed E-state index contributed by atoms with van der Waals surface area (Å²) in [5, 5.41) is 29.8. The van der Waals surface area contributed by atoms with Gasteiger partial charge in [0.2, 0.25) is 6.54 Å². The van der Waals surface area contributed by atoms with Crippen molar-refractivity contribution in [2.45, 2.75) is 24.6 Å². The Morgan fingerprint density at radius 1 is 1.42 bits per heavy atom. The van der Waals surface area contributed by atoms with Gasteiger partial charge in [-0.05, 0) is 0 Å². The molecule has 0 bridgehead atoms. The van der Waals surface area contributed by atoms with Crippen molar-refractivity contribution in [3.8, 4) is 0 Å². The molecule has 2 rings (SSSR count). The number of ether oxygens (including phenoxy) is 2. The number of aliphatic hydroxyl groups excluding tert-OH is 2. The van der Waals surface area contributed by atoms with Crippen LogP contribution in [-0.4, -0.2) is 46.6 Å². The highest BCUT2D eigenvalue weighted by atomic mass is 16.7. The third-order valence-corrected chi connectivity index (χ3v) is 2.87. The molecule has 0 radical (unpaired) electrons. The van der Waals surface area contributed by atoms with Gasteiger partial charge < -0.3 is 19.7 Å². The maximum Gasteiger partial charge on any atom is 0.232 e. The van der Waals surface area contributed by atoms with Crippen LogP contribution in [0.1, 0.15) is 11.9 Å². The SMILES string of the molecule is O=[N+]([O-])C[C@@H](O)[C@@H]1O[C@H](c2ccccc2)OC[C@H]1O. The van der Waals surface area contributed by atoms with Crippen LogP contribution in [0.2, 0.25) is 0 Å². The fourth-order valence-corrected chi connectivity index (χ4v) is 1.94. The first-order chi connectivity index (χ1) is 9.08. The van der Waals surface area contributed by atoms with E-state index in [4.69, 9.17) is 9.47 Å². The van der Waals surface area contributed by atoms with E-state index in [-0.39, 0.29) is 6.61 Å². The molecule has 1 saturated heterocycles. The van der Waals surface area contributed by atoms with Crippen LogP contribution in [0.15, 0.2) is 30.3 Å². The fourth-order valence-electron chi connectivity index (χ4n) is 1.94. The van der Waals surface area contributed by atoms with E-state index >= 15 is 0 Å². The van der Waals surface area contributed by atoms with Gasteiger partial charge in [0.1, 0.15) is 18.3 Å². The van der Waals surface area contributed by atoms with Gasteiger partial charge in [0.05, 0.1) is 6.61 Å². The molecule has 1 heterocycles. The van der Waals surface area contributed by atoms with Crippen molar-refractivity contribution in [1.29, 1.82) is 0 Å². The number of hydrogen-bond donors (Lipinski definition) is 2. The number of nitro groups is 1. The molecule has 0 spiro atoms. The molecule has 1 aliphatic rings. The van der Waals surface area contributed by atoms with Crippen molar-refractivity contribution in [3.05, 3.63) is 46.0 Å². The minimum atomic E-state index is -1.37. The van der Waals surface area contributed by atoms with Crippen molar-refractivity contribution < 1.29 is 24.6 Å². The van der Waals surface area contributed by atoms with Gasteiger partial charge in [0.15, 0.2) is 6.29 Å². The standard InChI is InChI=1S/C12H15NO6/c14-9(6-13(16)17)11-10(15)7-18-12(19-11)8-4-2-1-3-5-8/h1-5,9-12,14-15H,6-7H2/t9-,10-,11+,12-/m1/s1. The largest absolute Gasteiger partial charge is 0.388 e. The van der Waals surface area contributed by atoms with Gasteiger partial charge in [0.25, 0.3) is 0 Å². The molecule has 0 aromatic heterocycles. The molecule has 1 aromatic carbocycles. The summed E-state index contributed by atoms with van der Waals surface area (Å²) >= 11 is 0. The highest BCUT2D eigenvalue weighted by Gasteiger charge is 2.38. The van der Waals surface area contributed by atoms with Gasteiger partial charge in [-0.15, -0.1) is 0 Å². The van der Waals surface area contributed by atoms with Crippen LogP contribution in [0.3, 0.4) is 0 Å². The van der Waals surface area contributed by atoms with Gasteiger partial charge >= 0.3 is 0 Å². The van der Waals surface area contributed by atoms with E-state index in [9.17, 15) is 20.3 Å². The summed E-state index contributed by atoms with van der Waals surface area (Å²) in [7, 11) is 0. The molecular weight excluding hydrogens is 254 g/mol. The normalized spacial score (nSPS) is 28.8. The summed E-state index contributed by atoms with van der Waals surface area (Å²) in [6, 6.07) is 8.99. The predicted molar refractivity (Wildman–Crippen MR) is 63.9 cm³/mol.